The quantitative estimate of drug-likeness (QED) is 0.849. The Morgan fingerprint density at radius 1 is 1.56 bits per heavy atom. The zero-order valence-corrected chi connectivity index (χ0v) is 9.37. The molecule has 0 bridgehead atoms. The third kappa shape index (κ3) is 2.26. The van der Waals surface area contributed by atoms with Crippen molar-refractivity contribution < 1.29 is 19.0 Å². The molecular formula is C10H9FN4O3. The summed E-state index contributed by atoms with van der Waals surface area (Å²) in [4.78, 5) is 10.6. The van der Waals surface area contributed by atoms with Gasteiger partial charge in [-0.05, 0) is 22.6 Å². The Labute approximate surface area is 101 Å². The Hall–Kier alpha value is -2.51. The van der Waals surface area contributed by atoms with E-state index in [1.54, 1.807) is 0 Å². The highest BCUT2D eigenvalue weighted by Gasteiger charge is 2.13. The summed E-state index contributed by atoms with van der Waals surface area (Å²) in [5, 5.41) is 19.3. The van der Waals surface area contributed by atoms with Crippen LogP contribution in [0.5, 0.6) is 5.75 Å². The second-order valence-electron chi connectivity index (χ2n) is 3.40. The normalized spacial score (nSPS) is 10.3. The number of nitrogens with zero attached hydrogens (tertiary/aromatic N) is 4. The van der Waals surface area contributed by atoms with E-state index in [9.17, 15) is 9.18 Å². The van der Waals surface area contributed by atoms with Gasteiger partial charge in [0.05, 0.1) is 12.8 Å². The van der Waals surface area contributed by atoms with Gasteiger partial charge in [0.1, 0.15) is 6.42 Å². The van der Waals surface area contributed by atoms with Gasteiger partial charge in [-0.2, -0.15) is 4.68 Å². The van der Waals surface area contributed by atoms with Gasteiger partial charge in [0, 0.05) is 6.07 Å². The van der Waals surface area contributed by atoms with Gasteiger partial charge in [0.15, 0.2) is 17.4 Å². The predicted octanol–water partition coefficient (Wildman–Crippen LogP) is 0.437. The van der Waals surface area contributed by atoms with E-state index in [0.29, 0.717) is 5.69 Å². The minimum absolute atomic E-state index is 0.0895. The molecule has 8 heteroatoms. The topological polar surface area (TPSA) is 90.1 Å². The third-order valence-electron chi connectivity index (χ3n) is 2.22. The van der Waals surface area contributed by atoms with E-state index in [1.807, 2.05) is 0 Å². The first-order chi connectivity index (χ1) is 8.61. The molecule has 0 aliphatic heterocycles. The van der Waals surface area contributed by atoms with Crippen LogP contribution in [0.4, 0.5) is 4.39 Å². The zero-order valence-electron chi connectivity index (χ0n) is 9.37. The number of hydrogen-bond donors (Lipinski definition) is 1. The van der Waals surface area contributed by atoms with Crippen molar-refractivity contribution in [1.29, 1.82) is 0 Å². The van der Waals surface area contributed by atoms with Gasteiger partial charge in [0.2, 0.25) is 0 Å². The molecule has 0 atom stereocenters. The van der Waals surface area contributed by atoms with Crippen LogP contribution >= 0.6 is 0 Å². The second-order valence-corrected chi connectivity index (χ2v) is 3.40. The minimum atomic E-state index is -1.07. The predicted molar refractivity (Wildman–Crippen MR) is 57.0 cm³/mol. The summed E-state index contributed by atoms with van der Waals surface area (Å²) in [6.07, 6.45) is -0.347. The lowest BCUT2D eigenvalue weighted by Crippen LogP contribution is -2.09. The highest BCUT2D eigenvalue weighted by Crippen LogP contribution is 2.20. The van der Waals surface area contributed by atoms with E-state index in [0.717, 1.165) is 4.68 Å². The summed E-state index contributed by atoms with van der Waals surface area (Å²) >= 11 is 0. The SMILES string of the molecule is COc1ccc(-n2nnnc2CC(=O)O)cc1F. The van der Waals surface area contributed by atoms with Crippen LogP contribution in [-0.2, 0) is 11.2 Å². The molecule has 0 fully saturated rings. The molecule has 0 saturated heterocycles. The van der Waals surface area contributed by atoms with Crippen molar-refractivity contribution in [2.24, 2.45) is 0 Å². The largest absolute Gasteiger partial charge is 0.494 e. The van der Waals surface area contributed by atoms with Crippen LogP contribution in [0.15, 0.2) is 18.2 Å². The maximum absolute atomic E-state index is 13.5. The zero-order chi connectivity index (χ0) is 13.1. The van der Waals surface area contributed by atoms with Gasteiger partial charge >= 0.3 is 5.97 Å². The lowest BCUT2D eigenvalue weighted by atomic mass is 10.3. The number of halogens is 1. The molecule has 0 amide bonds. The molecule has 2 aromatic rings. The van der Waals surface area contributed by atoms with Crippen LogP contribution in [-0.4, -0.2) is 38.4 Å². The Bertz CT molecular complexity index is 584. The number of hydrogen-bond acceptors (Lipinski definition) is 5. The number of benzene rings is 1. The Kier molecular flexibility index (Phi) is 3.18. The molecule has 0 saturated carbocycles. The number of methoxy groups -OCH3 is 1. The highest BCUT2D eigenvalue weighted by molar-refractivity contribution is 5.69. The fourth-order valence-corrected chi connectivity index (χ4v) is 1.44. The average Bonchev–Trinajstić information content (AvgIpc) is 2.76. The molecule has 0 aliphatic carbocycles. The molecule has 1 aromatic heterocycles. The molecule has 0 unspecified atom stereocenters. The van der Waals surface area contributed by atoms with Crippen molar-refractivity contribution >= 4 is 5.97 Å². The summed E-state index contributed by atoms with van der Waals surface area (Å²) in [5.74, 6) is -1.44. The number of carbonyl (C=O) groups is 1. The molecular weight excluding hydrogens is 243 g/mol. The maximum atomic E-state index is 13.5. The lowest BCUT2D eigenvalue weighted by molar-refractivity contribution is -0.136. The summed E-state index contributed by atoms with van der Waals surface area (Å²) in [6, 6.07) is 4.11. The molecule has 1 aromatic carbocycles. The van der Waals surface area contributed by atoms with Crippen LogP contribution in [0.2, 0.25) is 0 Å². The summed E-state index contributed by atoms with van der Waals surface area (Å²) < 4.78 is 19.5. The van der Waals surface area contributed by atoms with Gasteiger partial charge < -0.3 is 9.84 Å². The Morgan fingerprint density at radius 3 is 2.94 bits per heavy atom. The molecule has 7 nitrogen and oxygen atoms in total. The number of tetrazole rings is 1. The van der Waals surface area contributed by atoms with Crippen LogP contribution < -0.4 is 4.74 Å². The first-order valence-corrected chi connectivity index (χ1v) is 4.95. The molecule has 18 heavy (non-hydrogen) atoms. The van der Waals surface area contributed by atoms with Crippen LogP contribution in [0, 0.1) is 5.82 Å². The maximum Gasteiger partial charge on any atom is 0.311 e. The van der Waals surface area contributed by atoms with E-state index in [1.165, 1.54) is 25.3 Å². The first kappa shape index (κ1) is 12.0. The van der Waals surface area contributed by atoms with Crippen molar-refractivity contribution in [3.8, 4) is 11.4 Å². The van der Waals surface area contributed by atoms with E-state index < -0.39 is 11.8 Å². The minimum Gasteiger partial charge on any atom is -0.494 e. The van der Waals surface area contributed by atoms with E-state index in [-0.39, 0.29) is 18.0 Å². The Morgan fingerprint density at radius 2 is 2.33 bits per heavy atom. The van der Waals surface area contributed by atoms with E-state index in [4.69, 9.17) is 9.84 Å². The molecule has 0 spiro atoms. The second kappa shape index (κ2) is 4.78. The van der Waals surface area contributed by atoms with Crippen LogP contribution in [0.25, 0.3) is 5.69 Å². The number of aromatic nitrogens is 4. The molecule has 0 radical (unpaired) electrons. The monoisotopic (exact) mass is 252 g/mol. The summed E-state index contributed by atoms with van der Waals surface area (Å²) in [6.45, 7) is 0. The molecule has 94 valence electrons. The highest BCUT2D eigenvalue weighted by atomic mass is 19.1. The van der Waals surface area contributed by atoms with Crippen molar-refractivity contribution in [3.63, 3.8) is 0 Å². The van der Waals surface area contributed by atoms with Gasteiger partial charge in [-0.25, -0.2) is 4.39 Å². The number of carboxylic acid groups (broad SMARTS) is 1. The van der Waals surface area contributed by atoms with Gasteiger partial charge in [-0.1, -0.05) is 0 Å². The summed E-state index contributed by atoms with van der Waals surface area (Å²) in [5.41, 5.74) is 0.328. The van der Waals surface area contributed by atoms with Gasteiger partial charge in [0.25, 0.3) is 0 Å². The Balaban J connectivity index is 2.40. The number of aliphatic carboxylic acids is 1. The number of carboxylic acids is 1. The summed E-state index contributed by atoms with van der Waals surface area (Å²) in [7, 11) is 1.35. The van der Waals surface area contributed by atoms with Gasteiger partial charge in [-0.15, -0.1) is 5.10 Å². The molecule has 1 heterocycles. The fraction of sp³-hybridized carbons (Fsp3) is 0.200. The lowest BCUT2D eigenvalue weighted by Gasteiger charge is -2.05. The molecule has 2 rings (SSSR count). The molecule has 1 N–H and O–H groups in total. The van der Waals surface area contributed by atoms with E-state index >= 15 is 0 Å². The van der Waals surface area contributed by atoms with Crippen molar-refractivity contribution in [2.75, 3.05) is 7.11 Å². The standard InChI is InChI=1S/C10H9FN4O3/c1-18-8-3-2-6(4-7(8)11)15-9(5-10(16)17)12-13-14-15/h2-4H,5H2,1H3,(H,16,17). The number of ether oxygens (including phenoxy) is 1. The average molecular weight is 252 g/mol. The molecule has 0 aliphatic rings. The number of rotatable bonds is 4. The third-order valence-corrected chi connectivity index (χ3v) is 2.22. The van der Waals surface area contributed by atoms with E-state index in [2.05, 4.69) is 15.5 Å². The van der Waals surface area contributed by atoms with Crippen molar-refractivity contribution in [1.82, 2.24) is 20.2 Å². The van der Waals surface area contributed by atoms with Crippen LogP contribution in [0.3, 0.4) is 0 Å². The van der Waals surface area contributed by atoms with Crippen molar-refractivity contribution in [3.05, 3.63) is 29.8 Å². The van der Waals surface area contributed by atoms with Crippen LogP contribution in [0.1, 0.15) is 5.82 Å². The first-order valence-electron chi connectivity index (χ1n) is 4.95. The van der Waals surface area contributed by atoms with Gasteiger partial charge in [-0.3, -0.25) is 4.79 Å². The fourth-order valence-electron chi connectivity index (χ4n) is 1.44. The van der Waals surface area contributed by atoms with Crippen molar-refractivity contribution in [2.45, 2.75) is 6.42 Å². The smallest absolute Gasteiger partial charge is 0.311 e.